The third kappa shape index (κ3) is 3.92. The number of hydrogen-bond acceptors (Lipinski definition) is 5. The van der Waals surface area contributed by atoms with Gasteiger partial charge in [-0.05, 0) is 12.3 Å². The van der Waals surface area contributed by atoms with Crippen molar-refractivity contribution in [2.24, 2.45) is 5.92 Å². The van der Waals surface area contributed by atoms with Crippen molar-refractivity contribution in [3.05, 3.63) is 12.1 Å². The number of rotatable bonds is 8. The van der Waals surface area contributed by atoms with Gasteiger partial charge in [0.1, 0.15) is 22.9 Å². The largest absolute Gasteiger partial charge is 0.496 e. The van der Waals surface area contributed by atoms with Crippen molar-refractivity contribution in [2.75, 3.05) is 39.8 Å². The van der Waals surface area contributed by atoms with Gasteiger partial charge in [0.15, 0.2) is 0 Å². The molecular weight excluding hydrogens is 246 g/mol. The Balaban J connectivity index is 2.96. The first kappa shape index (κ1) is 15.4. The summed E-state index contributed by atoms with van der Waals surface area (Å²) in [5.74, 6) is 2.19. The molecule has 0 amide bonds. The Kier molecular flexibility index (Phi) is 6.29. The fourth-order valence-electron chi connectivity index (χ4n) is 1.76. The van der Waals surface area contributed by atoms with Crippen LogP contribution in [0, 0.1) is 5.92 Å². The number of nitrogens with one attached hydrogen (secondary N) is 1. The Hall–Kier alpha value is -1.62. The molecule has 0 heterocycles. The second kappa shape index (κ2) is 7.74. The maximum Gasteiger partial charge on any atom is 0.149 e. The summed E-state index contributed by atoms with van der Waals surface area (Å²) in [6, 6.07) is 3.59. The first-order valence-electron chi connectivity index (χ1n) is 6.34. The van der Waals surface area contributed by atoms with Crippen molar-refractivity contribution >= 4 is 5.69 Å². The van der Waals surface area contributed by atoms with E-state index in [2.05, 4.69) is 5.32 Å². The summed E-state index contributed by atoms with van der Waals surface area (Å²) in [7, 11) is 4.80. The van der Waals surface area contributed by atoms with Gasteiger partial charge < -0.3 is 24.6 Å². The fraction of sp³-hybridized carbons (Fsp3) is 0.571. The van der Waals surface area contributed by atoms with Crippen molar-refractivity contribution in [1.29, 1.82) is 0 Å². The van der Waals surface area contributed by atoms with Crippen molar-refractivity contribution in [1.82, 2.24) is 0 Å². The van der Waals surface area contributed by atoms with Gasteiger partial charge in [0, 0.05) is 25.3 Å². The summed E-state index contributed by atoms with van der Waals surface area (Å²) in [5, 5.41) is 12.5. The molecule has 0 aliphatic carbocycles. The highest BCUT2D eigenvalue weighted by molar-refractivity contribution is 5.68. The molecule has 108 valence electrons. The SMILES string of the molecule is CCC(CO)CNc1c(OC)cc(OC)cc1OC. The van der Waals surface area contributed by atoms with Gasteiger partial charge in [0.05, 0.1) is 21.3 Å². The smallest absolute Gasteiger partial charge is 0.149 e. The van der Waals surface area contributed by atoms with E-state index in [1.54, 1.807) is 33.5 Å². The molecule has 0 saturated carbocycles. The maximum absolute atomic E-state index is 9.22. The van der Waals surface area contributed by atoms with E-state index in [4.69, 9.17) is 14.2 Å². The molecule has 19 heavy (non-hydrogen) atoms. The normalized spacial score (nSPS) is 11.8. The molecule has 1 atom stereocenters. The van der Waals surface area contributed by atoms with Crippen LogP contribution in [0.25, 0.3) is 0 Å². The van der Waals surface area contributed by atoms with E-state index >= 15 is 0 Å². The van der Waals surface area contributed by atoms with Gasteiger partial charge in [-0.25, -0.2) is 0 Å². The third-order valence-electron chi connectivity index (χ3n) is 3.12. The second-order valence-electron chi connectivity index (χ2n) is 4.24. The minimum Gasteiger partial charge on any atom is -0.496 e. The number of aliphatic hydroxyl groups excluding tert-OH is 1. The van der Waals surface area contributed by atoms with Crippen LogP contribution in [0.15, 0.2) is 12.1 Å². The summed E-state index contributed by atoms with van der Waals surface area (Å²) in [4.78, 5) is 0. The molecule has 0 aromatic heterocycles. The van der Waals surface area contributed by atoms with Gasteiger partial charge in [0.25, 0.3) is 0 Å². The van der Waals surface area contributed by atoms with E-state index in [0.29, 0.717) is 23.8 Å². The molecule has 0 aliphatic heterocycles. The van der Waals surface area contributed by atoms with Crippen molar-refractivity contribution < 1.29 is 19.3 Å². The van der Waals surface area contributed by atoms with Crippen molar-refractivity contribution in [3.8, 4) is 17.2 Å². The molecular formula is C14H23NO4. The van der Waals surface area contributed by atoms with E-state index in [1.165, 1.54) is 0 Å². The average Bonchev–Trinajstić information content (AvgIpc) is 2.47. The van der Waals surface area contributed by atoms with E-state index in [0.717, 1.165) is 12.1 Å². The van der Waals surface area contributed by atoms with Crippen LogP contribution in [0.5, 0.6) is 17.2 Å². The number of hydrogen-bond donors (Lipinski definition) is 2. The molecule has 0 saturated heterocycles. The van der Waals surface area contributed by atoms with Crippen LogP contribution in [0.4, 0.5) is 5.69 Å². The quantitative estimate of drug-likeness (QED) is 0.757. The lowest BCUT2D eigenvalue weighted by molar-refractivity contribution is 0.229. The van der Waals surface area contributed by atoms with E-state index in [-0.39, 0.29) is 12.5 Å². The minimum absolute atomic E-state index is 0.157. The number of aliphatic hydroxyl groups is 1. The van der Waals surface area contributed by atoms with Gasteiger partial charge >= 0.3 is 0 Å². The van der Waals surface area contributed by atoms with Crippen LogP contribution in [-0.2, 0) is 0 Å². The maximum atomic E-state index is 9.22. The zero-order valence-electron chi connectivity index (χ0n) is 12.0. The van der Waals surface area contributed by atoms with E-state index in [9.17, 15) is 5.11 Å². The highest BCUT2D eigenvalue weighted by Gasteiger charge is 2.14. The summed E-state index contributed by atoms with van der Waals surface area (Å²) in [6.45, 7) is 2.86. The lowest BCUT2D eigenvalue weighted by Crippen LogP contribution is -2.17. The van der Waals surface area contributed by atoms with Crippen molar-refractivity contribution in [3.63, 3.8) is 0 Å². The van der Waals surface area contributed by atoms with Crippen LogP contribution in [0.3, 0.4) is 0 Å². The van der Waals surface area contributed by atoms with Crippen LogP contribution in [-0.4, -0.2) is 39.6 Å². The molecule has 1 aromatic rings. The number of benzene rings is 1. The number of anilines is 1. The van der Waals surface area contributed by atoms with Gasteiger partial charge in [0.2, 0.25) is 0 Å². The molecule has 5 nitrogen and oxygen atoms in total. The molecule has 2 N–H and O–H groups in total. The monoisotopic (exact) mass is 269 g/mol. The van der Waals surface area contributed by atoms with Gasteiger partial charge in [-0.1, -0.05) is 6.92 Å². The lowest BCUT2D eigenvalue weighted by atomic mass is 10.1. The Morgan fingerprint density at radius 2 is 1.68 bits per heavy atom. The molecule has 1 rings (SSSR count). The predicted octanol–water partition coefficient (Wildman–Crippen LogP) is 2.14. The van der Waals surface area contributed by atoms with Gasteiger partial charge in [-0.3, -0.25) is 0 Å². The van der Waals surface area contributed by atoms with E-state index in [1.807, 2.05) is 6.92 Å². The zero-order valence-corrected chi connectivity index (χ0v) is 12.0. The van der Waals surface area contributed by atoms with Gasteiger partial charge in [-0.2, -0.15) is 0 Å². The molecule has 0 bridgehead atoms. The van der Waals surface area contributed by atoms with Crippen LogP contribution < -0.4 is 19.5 Å². The summed E-state index contributed by atoms with van der Waals surface area (Å²) < 4.78 is 15.9. The molecule has 0 spiro atoms. The Morgan fingerprint density at radius 3 is 2.05 bits per heavy atom. The van der Waals surface area contributed by atoms with Crippen LogP contribution >= 0.6 is 0 Å². The Bertz CT molecular complexity index is 366. The molecule has 0 fully saturated rings. The third-order valence-corrected chi connectivity index (χ3v) is 3.12. The number of ether oxygens (including phenoxy) is 3. The first-order valence-corrected chi connectivity index (χ1v) is 6.34. The standard InChI is InChI=1S/C14H23NO4/c1-5-10(9-16)8-15-14-12(18-3)6-11(17-2)7-13(14)19-4/h6-7,10,15-16H,5,8-9H2,1-4H3. The van der Waals surface area contributed by atoms with Crippen LogP contribution in [0.1, 0.15) is 13.3 Å². The predicted molar refractivity (Wildman–Crippen MR) is 75.5 cm³/mol. The second-order valence-corrected chi connectivity index (χ2v) is 4.24. The topological polar surface area (TPSA) is 60.0 Å². The lowest BCUT2D eigenvalue weighted by Gasteiger charge is -2.19. The fourth-order valence-corrected chi connectivity index (χ4v) is 1.76. The van der Waals surface area contributed by atoms with E-state index < -0.39 is 0 Å². The zero-order chi connectivity index (χ0) is 14.3. The summed E-state index contributed by atoms with van der Waals surface area (Å²) >= 11 is 0. The average molecular weight is 269 g/mol. The highest BCUT2D eigenvalue weighted by atomic mass is 16.5. The Morgan fingerprint density at radius 1 is 1.11 bits per heavy atom. The minimum atomic E-state index is 0.157. The van der Waals surface area contributed by atoms with Crippen LogP contribution in [0.2, 0.25) is 0 Å². The molecule has 0 aliphatic rings. The number of methoxy groups -OCH3 is 3. The Labute approximate surface area is 114 Å². The van der Waals surface area contributed by atoms with Crippen molar-refractivity contribution in [2.45, 2.75) is 13.3 Å². The molecule has 1 unspecified atom stereocenters. The molecule has 5 heteroatoms. The summed E-state index contributed by atoms with van der Waals surface area (Å²) in [6.07, 6.45) is 0.907. The first-order chi connectivity index (χ1) is 9.19. The molecule has 0 radical (unpaired) electrons. The van der Waals surface area contributed by atoms with Gasteiger partial charge in [-0.15, -0.1) is 0 Å². The molecule has 1 aromatic carbocycles. The summed E-state index contributed by atoms with van der Waals surface area (Å²) in [5.41, 5.74) is 0.776. The highest BCUT2D eigenvalue weighted by Crippen LogP contribution is 2.38.